The molecule has 0 aromatic carbocycles. The number of carbonyl (C=O) groups is 1. The standard InChI is InChI=1S/C17H32N2O2/c1-15(2)13(10-16(15,3)21-4)19-14(20)11-17(12-18)8-6-5-7-9-17/h13H,5-12,18H2,1-4H3,(H,19,20). The normalized spacial score (nSPS) is 34.0. The van der Waals surface area contributed by atoms with Crippen LogP contribution in [0.4, 0.5) is 0 Å². The summed E-state index contributed by atoms with van der Waals surface area (Å²) in [6, 6.07) is 0.202. The van der Waals surface area contributed by atoms with Crippen molar-refractivity contribution in [1.29, 1.82) is 0 Å². The van der Waals surface area contributed by atoms with Crippen molar-refractivity contribution in [2.24, 2.45) is 16.6 Å². The van der Waals surface area contributed by atoms with E-state index in [1.54, 1.807) is 7.11 Å². The average Bonchev–Trinajstić information content (AvgIpc) is 2.47. The molecule has 0 radical (unpaired) electrons. The van der Waals surface area contributed by atoms with E-state index in [0.717, 1.165) is 19.3 Å². The molecule has 0 heterocycles. The van der Waals surface area contributed by atoms with Gasteiger partial charge in [-0.15, -0.1) is 0 Å². The maximum Gasteiger partial charge on any atom is 0.220 e. The minimum Gasteiger partial charge on any atom is -0.378 e. The highest BCUT2D eigenvalue weighted by Gasteiger charge is 2.58. The van der Waals surface area contributed by atoms with Crippen LogP contribution >= 0.6 is 0 Å². The summed E-state index contributed by atoms with van der Waals surface area (Å²) in [5.74, 6) is 0.165. The summed E-state index contributed by atoms with van der Waals surface area (Å²) in [7, 11) is 1.76. The fourth-order valence-corrected chi connectivity index (χ4v) is 4.06. The number of carbonyl (C=O) groups excluding carboxylic acids is 1. The lowest BCUT2D eigenvalue weighted by Crippen LogP contribution is -2.68. The average molecular weight is 296 g/mol. The van der Waals surface area contributed by atoms with Gasteiger partial charge in [-0.2, -0.15) is 0 Å². The highest BCUT2D eigenvalue weighted by atomic mass is 16.5. The van der Waals surface area contributed by atoms with Crippen molar-refractivity contribution >= 4 is 5.91 Å². The maximum absolute atomic E-state index is 12.5. The Morgan fingerprint density at radius 1 is 1.24 bits per heavy atom. The summed E-state index contributed by atoms with van der Waals surface area (Å²) in [6.45, 7) is 7.09. The Morgan fingerprint density at radius 2 is 1.86 bits per heavy atom. The number of rotatable bonds is 5. The fourth-order valence-electron chi connectivity index (χ4n) is 4.06. The predicted molar refractivity (Wildman–Crippen MR) is 84.9 cm³/mol. The van der Waals surface area contributed by atoms with Gasteiger partial charge in [0.2, 0.25) is 5.91 Å². The van der Waals surface area contributed by atoms with Gasteiger partial charge < -0.3 is 15.8 Å². The number of amides is 1. The Bertz CT molecular complexity index is 388. The second-order valence-electron chi connectivity index (χ2n) is 7.92. The van der Waals surface area contributed by atoms with Gasteiger partial charge in [-0.05, 0) is 38.1 Å². The molecule has 21 heavy (non-hydrogen) atoms. The van der Waals surface area contributed by atoms with Crippen LogP contribution < -0.4 is 11.1 Å². The van der Waals surface area contributed by atoms with Crippen LogP contribution in [0.1, 0.15) is 65.7 Å². The molecule has 4 heteroatoms. The number of nitrogens with one attached hydrogen (secondary N) is 1. The van der Waals surface area contributed by atoms with E-state index >= 15 is 0 Å². The quantitative estimate of drug-likeness (QED) is 0.819. The highest BCUT2D eigenvalue weighted by molar-refractivity contribution is 5.77. The van der Waals surface area contributed by atoms with Gasteiger partial charge in [0.15, 0.2) is 0 Å². The molecule has 0 aliphatic heterocycles. The van der Waals surface area contributed by atoms with Gasteiger partial charge in [0.25, 0.3) is 0 Å². The van der Waals surface area contributed by atoms with Crippen LogP contribution in [0.5, 0.6) is 0 Å². The van der Waals surface area contributed by atoms with Gasteiger partial charge >= 0.3 is 0 Å². The number of hydrogen-bond donors (Lipinski definition) is 2. The van der Waals surface area contributed by atoms with E-state index in [4.69, 9.17) is 10.5 Å². The lowest BCUT2D eigenvalue weighted by Gasteiger charge is -2.59. The van der Waals surface area contributed by atoms with Crippen LogP contribution in [0.15, 0.2) is 0 Å². The van der Waals surface area contributed by atoms with Crippen LogP contribution in [0.3, 0.4) is 0 Å². The van der Waals surface area contributed by atoms with Crippen LogP contribution in [0.2, 0.25) is 0 Å². The summed E-state index contributed by atoms with van der Waals surface area (Å²) in [5.41, 5.74) is 5.86. The first kappa shape index (κ1) is 16.8. The summed E-state index contributed by atoms with van der Waals surface area (Å²) in [6.07, 6.45) is 7.37. The molecule has 2 aliphatic rings. The second-order valence-corrected chi connectivity index (χ2v) is 7.92. The van der Waals surface area contributed by atoms with E-state index in [2.05, 4.69) is 26.1 Å². The molecule has 3 N–H and O–H groups in total. The Kier molecular flexibility index (Phi) is 4.69. The van der Waals surface area contributed by atoms with E-state index in [9.17, 15) is 4.79 Å². The Labute approximate surface area is 129 Å². The zero-order valence-electron chi connectivity index (χ0n) is 14.1. The zero-order valence-corrected chi connectivity index (χ0v) is 14.1. The minimum atomic E-state index is -0.138. The van der Waals surface area contributed by atoms with Crippen molar-refractivity contribution in [2.75, 3.05) is 13.7 Å². The third-order valence-electron chi connectivity index (χ3n) is 6.50. The molecule has 0 bridgehead atoms. The monoisotopic (exact) mass is 296 g/mol. The van der Waals surface area contributed by atoms with E-state index in [1.807, 2.05) is 0 Å². The predicted octanol–water partition coefficient (Wildman–Crippen LogP) is 2.61. The molecule has 2 unspecified atom stereocenters. The first-order valence-electron chi connectivity index (χ1n) is 8.33. The first-order chi connectivity index (χ1) is 9.78. The van der Waals surface area contributed by atoms with Crippen molar-refractivity contribution in [2.45, 2.75) is 77.4 Å². The van der Waals surface area contributed by atoms with Gasteiger partial charge in [0.05, 0.1) is 5.60 Å². The van der Waals surface area contributed by atoms with Gasteiger partial charge in [-0.1, -0.05) is 33.1 Å². The second kappa shape index (κ2) is 5.88. The molecule has 0 aromatic heterocycles. The fraction of sp³-hybridized carbons (Fsp3) is 0.941. The zero-order chi connectivity index (χ0) is 15.7. The van der Waals surface area contributed by atoms with Gasteiger partial charge in [0, 0.05) is 25.0 Å². The summed E-state index contributed by atoms with van der Waals surface area (Å²) >= 11 is 0. The maximum atomic E-state index is 12.5. The minimum absolute atomic E-state index is 0.0279. The topological polar surface area (TPSA) is 64.3 Å². The smallest absolute Gasteiger partial charge is 0.220 e. The first-order valence-corrected chi connectivity index (χ1v) is 8.33. The molecule has 122 valence electrons. The van der Waals surface area contributed by atoms with Crippen LogP contribution in [0, 0.1) is 10.8 Å². The third kappa shape index (κ3) is 2.98. The Morgan fingerprint density at radius 3 is 2.33 bits per heavy atom. The number of ether oxygens (including phenoxy) is 1. The lowest BCUT2D eigenvalue weighted by molar-refractivity contribution is -0.183. The van der Waals surface area contributed by atoms with Crippen molar-refractivity contribution in [3.8, 4) is 0 Å². The largest absolute Gasteiger partial charge is 0.378 e. The summed E-state index contributed by atoms with van der Waals surface area (Å²) in [4.78, 5) is 12.5. The van der Waals surface area contributed by atoms with Gasteiger partial charge in [0.1, 0.15) is 0 Å². The molecular weight excluding hydrogens is 264 g/mol. The van der Waals surface area contributed by atoms with E-state index in [-0.39, 0.29) is 28.4 Å². The molecule has 0 spiro atoms. The number of hydrogen-bond acceptors (Lipinski definition) is 3. The van der Waals surface area contributed by atoms with Crippen molar-refractivity contribution < 1.29 is 9.53 Å². The van der Waals surface area contributed by atoms with Crippen LogP contribution in [-0.4, -0.2) is 31.2 Å². The van der Waals surface area contributed by atoms with E-state index in [1.165, 1.54) is 19.3 Å². The summed E-state index contributed by atoms with van der Waals surface area (Å²) < 4.78 is 5.62. The van der Waals surface area contributed by atoms with Crippen LogP contribution in [-0.2, 0) is 9.53 Å². The molecule has 2 fully saturated rings. The number of methoxy groups -OCH3 is 1. The molecule has 2 aliphatic carbocycles. The molecular formula is C17H32N2O2. The van der Waals surface area contributed by atoms with E-state index in [0.29, 0.717) is 13.0 Å². The van der Waals surface area contributed by atoms with E-state index < -0.39 is 0 Å². The molecule has 2 rings (SSSR count). The van der Waals surface area contributed by atoms with Crippen molar-refractivity contribution in [1.82, 2.24) is 5.32 Å². The van der Waals surface area contributed by atoms with Gasteiger partial charge in [-0.25, -0.2) is 0 Å². The third-order valence-corrected chi connectivity index (χ3v) is 6.50. The summed E-state index contributed by atoms with van der Waals surface area (Å²) in [5, 5.41) is 3.23. The van der Waals surface area contributed by atoms with Crippen molar-refractivity contribution in [3.05, 3.63) is 0 Å². The SMILES string of the molecule is COC1(C)CC(NC(=O)CC2(CN)CCCCC2)C1(C)C. The Balaban J connectivity index is 1.91. The molecule has 2 saturated carbocycles. The van der Waals surface area contributed by atoms with Crippen LogP contribution in [0.25, 0.3) is 0 Å². The van der Waals surface area contributed by atoms with Crippen molar-refractivity contribution in [3.63, 3.8) is 0 Å². The molecule has 1 amide bonds. The number of nitrogens with two attached hydrogens (primary N) is 1. The lowest BCUT2D eigenvalue weighted by atomic mass is 9.55. The van der Waals surface area contributed by atoms with Gasteiger partial charge in [-0.3, -0.25) is 4.79 Å². The molecule has 0 saturated heterocycles. The molecule has 2 atom stereocenters. The Hall–Kier alpha value is -0.610. The molecule has 4 nitrogen and oxygen atoms in total. The highest BCUT2D eigenvalue weighted by Crippen LogP contribution is 2.51. The molecule has 0 aromatic rings.